The van der Waals surface area contributed by atoms with E-state index in [-0.39, 0.29) is 12.1 Å². The minimum absolute atomic E-state index is 0.149. The van der Waals surface area contributed by atoms with Crippen LogP contribution in [0.5, 0.6) is 5.75 Å². The molecule has 1 aromatic rings. The van der Waals surface area contributed by atoms with E-state index < -0.39 is 0 Å². The van der Waals surface area contributed by atoms with Crippen molar-refractivity contribution >= 4 is 5.69 Å². The van der Waals surface area contributed by atoms with Gasteiger partial charge in [-0.05, 0) is 26.1 Å². The van der Waals surface area contributed by atoms with Crippen molar-refractivity contribution in [2.24, 2.45) is 0 Å². The number of aliphatic hydroxyl groups is 1. The summed E-state index contributed by atoms with van der Waals surface area (Å²) in [5, 5.41) is 12.7. The van der Waals surface area contributed by atoms with E-state index in [4.69, 9.17) is 4.74 Å². The zero-order valence-corrected chi connectivity index (χ0v) is 13.3. The van der Waals surface area contributed by atoms with Crippen LogP contribution in [-0.2, 0) is 0 Å². The summed E-state index contributed by atoms with van der Waals surface area (Å²) >= 11 is 0. The van der Waals surface area contributed by atoms with Crippen LogP contribution in [0.3, 0.4) is 0 Å². The first-order valence-corrected chi connectivity index (χ1v) is 7.52. The van der Waals surface area contributed by atoms with E-state index in [0.29, 0.717) is 0 Å². The van der Waals surface area contributed by atoms with Crippen molar-refractivity contribution in [3.05, 3.63) is 24.3 Å². The summed E-state index contributed by atoms with van der Waals surface area (Å²) in [7, 11) is 3.62. The molecule has 0 spiro atoms. The van der Waals surface area contributed by atoms with Gasteiger partial charge in [0, 0.05) is 32.7 Å². The summed E-state index contributed by atoms with van der Waals surface area (Å²) in [5.74, 6) is 0.932. The minimum atomic E-state index is -0.230. The van der Waals surface area contributed by atoms with E-state index in [1.54, 1.807) is 7.11 Å². The lowest BCUT2D eigenvalue weighted by atomic mass is 10.0. The highest BCUT2D eigenvalue weighted by Crippen LogP contribution is 2.28. The molecule has 0 aliphatic carbocycles. The molecule has 0 bridgehead atoms. The van der Waals surface area contributed by atoms with E-state index in [0.717, 1.165) is 44.2 Å². The second-order valence-electron chi connectivity index (χ2n) is 5.90. The standard InChI is InChI=1S/C16H27N3O2/c1-16(13-20,17-2)12-18-8-10-19(11-9-18)14-6-4-5-7-15(14)21-3/h4-7,17,20H,8-13H2,1-3H3. The summed E-state index contributed by atoms with van der Waals surface area (Å²) in [6, 6.07) is 8.16. The van der Waals surface area contributed by atoms with Crippen LogP contribution in [0, 0.1) is 0 Å². The van der Waals surface area contributed by atoms with Crippen LogP contribution >= 0.6 is 0 Å². The molecule has 5 nitrogen and oxygen atoms in total. The van der Waals surface area contributed by atoms with Gasteiger partial charge in [-0.15, -0.1) is 0 Å². The minimum Gasteiger partial charge on any atom is -0.495 e. The lowest BCUT2D eigenvalue weighted by Gasteiger charge is -2.40. The Balaban J connectivity index is 1.94. The number of methoxy groups -OCH3 is 1. The van der Waals surface area contributed by atoms with Gasteiger partial charge >= 0.3 is 0 Å². The summed E-state index contributed by atoms with van der Waals surface area (Å²) in [5.41, 5.74) is 0.935. The molecule has 1 atom stereocenters. The highest BCUT2D eigenvalue weighted by molar-refractivity contribution is 5.58. The average molecular weight is 293 g/mol. The van der Waals surface area contributed by atoms with Crippen LogP contribution in [0.2, 0.25) is 0 Å². The number of hydrogen-bond acceptors (Lipinski definition) is 5. The molecule has 118 valence electrons. The predicted molar refractivity (Wildman–Crippen MR) is 86.2 cm³/mol. The third-order valence-electron chi connectivity index (χ3n) is 4.32. The van der Waals surface area contributed by atoms with E-state index in [9.17, 15) is 5.11 Å². The number of nitrogens with one attached hydrogen (secondary N) is 1. The molecule has 2 rings (SSSR count). The molecule has 2 N–H and O–H groups in total. The van der Waals surface area contributed by atoms with Crippen LogP contribution < -0.4 is 15.0 Å². The number of rotatable bonds is 6. The van der Waals surface area contributed by atoms with E-state index in [1.807, 2.05) is 25.2 Å². The Morgan fingerprint density at radius 2 is 1.90 bits per heavy atom. The fraction of sp³-hybridized carbons (Fsp3) is 0.625. The Bertz CT molecular complexity index is 441. The van der Waals surface area contributed by atoms with Crippen LogP contribution in [0.1, 0.15) is 6.92 Å². The summed E-state index contributed by atoms with van der Waals surface area (Å²) in [6.45, 7) is 7.01. The van der Waals surface area contributed by atoms with Gasteiger partial charge in [-0.3, -0.25) is 4.90 Å². The maximum Gasteiger partial charge on any atom is 0.142 e. The second-order valence-corrected chi connectivity index (χ2v) is 5.90. The van der Waals surface area contributed by atoms with Gasteiger partial charge in [0.15, 0.2) is 0 Å². The molecule has 1 fully saturated rings. The monoisotopic (exact) mass is 293 g/mol. The average Bonchev–Trinajstić information content (AvgIpc) is 2.55. The van der Waals surface area contributed by atoms with Crippen molar-refractivity contribution in [3.8, 4) is 5.75 Å². The largest absolute Gasteiger partial charge is 0.495 e. The lowest BCUT2D eigenvalue weighted by molar-refractivity contribution is 0.122. The van der Waals surface area contributed by atoms with Gasteiger partial charge in [0.1, 0.15) is 5.75 Å². The molecule has 1 aromatic carbocycles. The van der Waals surface area contributed by atoms with Crippen molar-refractivity contribution in [2.75, 3.05) is 58.4 Å². The van der Waals surface area contributed by atoms with Crippen LogP contribution in [0.25, 0.3) is 0 Å². The Labute approximate surface area is 127 Å². The van der Waals surface area contributed by atoms with Gasteiger partial charge in [0.05, 0.1) is 24.9 Å². The molecule has 1 heterocycles. The van der Waals surface area contributed by atoms with Crippen molar-refractivity contribution in [1.82, 2.24) is 10.2 Å². The maximum absolute atomic E-state index is 9.50. The molecule has 0 saturated carbocycles. The first kappa shape index (κ1) is 16.1. The lowest BCUT2D eigenvalue weighted by Crippen LogP contribution is -2.56. The zero-order valence-electron chi connectivity index (χ0n) is 13.3. The normalized spacial score (nSPS) is 19.3. The number of hydrogen-bond donors (Lipinski definition) is 2. The number of ether oxygens (including phenoxy) is 1. The molecular weight excluding hydrogens is 266 g/mol. The number of piperazine rings is 1. The summed E-state index contributed by atoms with van der Waals surface area (Å²) in [6.07, 6.45) is 0. The topological polar surface area (TPSA) is 48.0 Å². The molecule has 0 amide bonds. The van der Waals surface area contributed by atoms with Gasteiger partial charge in [0.2, 0.25) is 0 Å². The van der Waals surface area contributed by atoms with Crippen molar-refractivity contribution in [2.45, 2.75) is 12.5 Å². The van der Waals surface area contributed by atoms with Crippen molar-refractivity contribution in [3.63, 3.8) is 0 Å². The predicted octanol–water partition coefficient (Wildman–Crippen LogP) is 0.788. The number of aliphatic hydroxyl groups excluding tert-OH is 1. The molecule has 1 aliphatic rings. The molecule has 0 radical (unpaired) electrons. The van der Waals surface area contributed by atoms with Crippen LogP contribution in [0.4, 0.5) is 5.69 Å². The smallest absolute Gasteiger partial charge is 0.142 e. The Hall–Kier alpha value is -1.30. The molecule has 1 aliphatic heterocycles. The third-order valence-corrected chi connectivity index (χ3v) is 4.32. The Morgan fingerprint density at radius 3 is 2.48 bits per heavy atom. The number of benzene rings is 1. The fourth-order valence-electron chi connectivity index (χ4n) is 2.74. The van der Waals surface area contributed by atoms with Gasteiger partial charge in [-0.25, -0.2) is 0 Å². The molecule has 1 saturated heterocycles. The number of para-hydroxylation sites is 2. The first-order chi connectivity index (χ1) is 10.1. The highest BCUT2D eigenvalue weighted by atomic mass is 16.5. The fourth-order valence-corrected chi connectivity index (χ4v) is 2.74. The van der Waals surface area contributed by atoms with E-state index in [2.05, 4.69) is 28.1 Å². The highest BCUT2D eigenvalue weighted by Gasteiger charge is 2.27. The number of anilines is 1. The molecule has 5 heteroatoms. The van der Waals surface area contributed by atoms with Crippen molar-refractivity contribution < 1.29 is 9.84 Å². The Kier molecular flexibility index (Phi) is 5.45. The second kappa shape index (κ2) is 7.11. The Morgan fingerprint density at radius 1 is 1.24 bits per heavy atom. The zero-order chi connectivity index (χ0) is 15.3. The maximum atomic E-state index is 9.50. The van der Waals surface area contributed by atoms with Gasteiger partial charge in [-0.1, -0.05) is 12.1 Å². The quantitative estimate of drug-likeness (QED) is 0.812. The summed E-state index contributed by atoms with van der Waals surface area (Å²) < 4.78 is 5.44. The van der Waals surface area contributed by atoms with Gasteiger partial charge in [0.25, 0.3) is 0 Å². The van der Waals surface area contributed by atoms with E-state index >= 15 is 0 Å². The summed E-state index contributed by atoms with van der Waals surface area (Å²) in [4.78, 5) is 4.77. The van der Waals surface area contributed by atoms with Crippen LogP contribution in [0.15, 0.2) is 24.3 Å². The SMILES string of the molecule is CNC(C)(CO)CN1CCN(c2ccccc2OC)CC1. The van der Waals surface area contributed by atoms with Crippen LogP contribution in [-0.4, -0.2) is 69.0 Å². The van der Waals surface area contributed by atoms with Crippen molar-refractivity contribution in [1.29, 1.82) is 0 Å². The number of nitrogens with zero attached hydrogens (tertiary/aromatic N) is 2. The van der Waals surface area contributed by atoms with E-state index in [1.165, 1.54) is 0 Å². The number of likely N-dealkylation sites (N-methyl/N-ethyl adjacent to an activating group) is 1. The first-order valence-electron chi connectivity index (χ1n) is 7.52. The molecular formula is C16H27N3O2. The third kappa shape index (κ3) is 3.87. The molecule has 1 unspecified atom stereocenters. The molecule has 0 aromatic heterocycles. The van der Waals surface area contributed by atoms with Gasteiger partial charge in [-0.2, -0.15) is 0 Å². The van der Waals surface area contributed by atoms with Gasteiger partial charge < -0.3 is 20.1 Å². The molecule has 21 heavy (non-hydrogen) atoms.